The summed E-state index contributed by atoms with van der Waals surface area (Å²) >= 11 is 0. The number of anilines is 1. The van der Waals surface area contributed by atoms with Gasteiger partial charge in [-0.15, -0.1) is 0 Å². The van der Waals surface area contributed by atoms with Crippen LogP contribution in [0.3, 0.4) is 0 Å². The Balaban J connectivity index is 2.14. The smallest absolute Gasteiger partial charge is 0.129 e. The summed E-state index contributed by atoms with van der Waals surface area (Å²) in [5.74, 6) is 0.969. The minimum Gasteiger partial charge on any atom is -0.392 e. The molecule has 0 aromatic carbocycles. The maximum atomic E-state index is 9.32. The third kappa shape index (κ3) is 3.55. The molecule has 1 aliphatic heterocycles. The first-order chi connectivity index (χ1) is 9.26. The molecular weight excluding hydrogens is 240 g/mol. The highest BCUT2D eigenvalue weighted by Gasteiger charge is 2.14. The van der Waals surface area contributed by atoms with Crippen LogP contribution in [0.1, 0.15) is 24.6 Å². The highest BCUT2D eigenvalue weighted by atomic mass is 16.5. The molecule has 1 aromatic rings. The molecule has 0 aliphatic carbocycles. The second-order valence-corrected chi connectivity index (χ2v) is 4.83. The molecule has 0 fully saturated rings. The van der Waals surface area contributed by atoms with Gasteiger partial charge in [0, 0.05) is 25.9 Å². The van der Waals surface area contributed by atoms with Gasteiger partial charge in [0.25, 0.3) is 0 Å². The molecule has 2 rings (SSSR count). The molecule has 0 atom stereocenters. The van der Waals surface area contributed by atoms with E-state index in [2.05, 4.69) is 22.9 Å². The zero-order valence-corrected chi connectivity index (χ0v) is 11.7. The van der Waals surface area contributed by atoms with Crippen molar-refractivity contribution in [2.75, 3.05) is 31.7 Å². The van der Waals surface area contributed by atoms with Gasteiger partial charge in [-0.1, -0.05) is 13.0 Å². The van der Waals surface area contributed by atoms with E-state index in [1.807, 2.05) is 12.1 Å². The fraction of sp³-hybridized carbons (Fsp3) is 0.533. The van der Waals surface area contributed by atoms with E-state index in [0.717, 1.165) is 49.6 Å². The number of aromatic nitrogens is 1. The maximum absolute atomic E-state index is 9.32. The Hall–Kier alpha value is -1.39. The number of nitrogens with zero attached hydrogens (tertiary/aromatic N) is 2. The molecule has 1 aromatic heterocycles. The second-order valence-electron chi connectivity index (χ2n) is 4.83. The maximum Gasteiger partial charge on any atom is 0.129 e. The van der Waals surface area contributed by atoms with Gasteiger partial charge in [-0.2, -0.15) is 0 Å². The number of aliphatic hydroxyl groups excluding tert-OH is 1. The Bertz CT molecular complexity index is 435. The highest BCUT2D eigenvalue weighted by Crippen LogP contribution is 2.20. The van der Waals surface area contributed by atoms with Crippen LogP contribution in [-0.4, -0.2) is 36.9 Å². The predicted octanol–water partition coefficient (Wildman–Crippen LogP) is 1.92. The number of aliphatic hydroxyl groups is 1. The van der Waals surface area contributed by atoms with E-state index in [9.17, 15) is 5.11 Å². The van der Waals surface area contributed by atoms with Gasteiger partial charge in [0.2, 0.25) is 0 Å². The molecule has 2 heterocycles. The number of pyridine rings is 1. The largest absolute Gasteiger partial charge is 0.392 e. The lowest BCUT2D eigenvalue weighted by Crippen LogP contribution is -2.30. The van der Waals surface area contributed by atoms with Crippen molar-refractivity contribution in [2.24, 2.45) is 0 Å². The summed E-state index contributed by atoms with van der Waals surface area (Å²) in [6, 6.07) is 3.95. The minimum absolute atomic E-state index is 0.0706. The van der Waals surface area contributed by atoms with Crippen molar-refractivity contribution in [1.82, 2.24) is 4.98 Å². The van der Waals surface area contributed by atoms with Crippen molar-refractivity contribution >= 4 is 5.82 Å². The van der Waals surface area contributed by atoms with Crippen LogP contribution >= 0.6 is 0 Å². The zero-order valence-electron chi connectivity index (χ0n) is 11.7. The fourth-order valence-corrected chi connectivity index (χ4v) is 2.30. The van der Waals surface area contributed by atoms with Crippen molar-refractivity contribution < 1.29 is 9.84 Å². The molecule has 19 heavy (non-hydrogen) atoms. The standard InChI is InChI=1S/C15H22N2O2/c1-3-14-8-13(10-18)9-15(16-14)17-6-4-12(5-7-17)11-19-2/h4,8-9,18H,3,5-7,10-11H2,1-2H3. The Morgan fingerprint density at radius 1 is 1.42 bits per heavy atom. The third-order valence-electron chi connectivity index (χ3n) is 3.43. The lowest BCUT2D eigenvalue weighted by Gasteiger charge is -2.28. The Labute approximate surface area is 114 Å². The quantitative estimate of drug-likeness (QED) is 0.824. The summed E-state index contributed by atoms with van der Waals surface area (Å²) in [6.07, 6.45) is 4.12. The predicted molar refractivity (Wildman–Crippen MR) is 76.3 cm³/mol. The van der Waals surface area contributed by atoms with Gasteiger partial charge in [-0.3, -0.25) is 0 Å². The summed E-state index contributed by atoms with van der Waals surface area (Å²) in [6.45, 7) is 4.70. The second kappa shape index (κ2) is 6.68. The third-order valence-corrected chi connectivity index (χ3v) is 3.43. The lowest BCUT2D eigenvalue weighted by molar-refractivity contribution is 0.222. The summed E-state index contributed by atoms with van der Waals surface area (Å²) in [5, 5.41) is 9.32. The summed E-state index contributed by atoms with van der Waals surface area (Å²) in [7, 11) is 1.73. The number of hydrogen-bond donors (Lipinski definition) is 1. The van der Waals surface area contributed by atoms with Crippen LogP contribution in [0, 0.1) is 0 Å². The van der Waals surface area contributed by atoms with Gasteiger partial charge >= 0.3 is 0 Å². The Morgan fingerprint density at radius 2 is 2.26 bits per heavy atom. The van der Waals surface area contributed by atoms with E-state index in [0.29, 0.717) is 0 Å². The monoisotopic (exact) mass is 262 g/mol. The molecule has 1 N–H and O–H groups in total. The number of ether oxygens (including phenoxy) is 1. The molecule has 0 spiro atoms. The van der Waals surface area contributed by atoms with Crippen LogP contribution in [0.25, 0.3) is 0 Å². The van der Waals surface area contributed by atoms with Gasteiger partial charge in [0.05, 0.1) is 13.2 Å². The summed E-state index contributed by atoms with van der Waals surface area (Å²) in [5.41, 5.74) is 3.33. The number of methoxy groups -OCH3 is 1. The first-order valence-electron chi connectivity index (χ1n) is 6.79. The van der Waals surface area contributed by atoms with Crippen molar-refractivity contribution in [2.45, 2.75) is 26.4 Å². The first kappa shape index (κ1) is 14.0. The zero-order chi connectivity index (χ0) is 13.7. The van der Waals surface area contributed by atoms with Crippen molar-refractivity contribution in [3.63, 3.8) is 0 Å². The number of aryl methyl sites for hydroxylation is 1. The summed E-state index contributed by atoms with van der Waals surface area (Å²) in [4.78, 5) is 6.90. The van der Waals surface area contributed by atoms with Gasteiger partial charge in [0.1, 0.15) is 5.82 Å². The molecule has 0 bridgehead atoms. The van der Waals surface area contributed by atoms with E-state index in [-0.39, 0.29) is 6.61 Å². The molecule has 0 saturated heterocycles. The van der Waals surface area contributed by atoms with Gasteiger partial charge in [-0.25, -0.2) is 4.98 Å². The normalized spacial score (nSPS) is 15.5. The van der Waals surface area contributed by atoms with E-state index >= 15 is 0 Å². The topological polar surface area (TPSA) is 45.6 Å². The first-order valence-corrected chi connectivity index (χ1v) is 6.79. The summed E-state index contributed by atoms with van der Waals surface area (Å²) < 4.78 is 5.16. The van der Waals surface area contributed by atoms with Crippen LogP contribution in [0.15, 0.2) is 23.8 Å². The van der Waals surface area contributed by atoms with Gasteiger partial charge in [-0.05, 0) is 36.1 Å². The van der Waals surface area contributed by atoms with E-state index in [4.69, 9.17) is 4.74 Å². The minimum atomic E-state index is 0.0706. The number of rotatable bonds is 5. The Kier molecular flexibility index (Phi) is 4.93. The van der Waals surface area contributed by atoms with Gasteiger partial charge in [0.15, 0.2) is 0 Å². The van der Waals surface area contributed by atoms with Crippen molar-refractivity contribution in [3.8, 4) is 0 Å². The molecule has 0 radical (unpaired) electrons. The highest BCUT2D eigenvalue weighted by molar-refractivity contribution is 5.44. The van der Waals surface area contributed by atoms with Crippen LogP contribution in [-0.2, 0) is 17.8 Å². The van der Waals surface area contributed by atoms with Crippen LogP contribution in [0.2, 0.25) is 0 Å². The van der Waals surface area contributed by atoms with Crippen LogP contribution in [0.4, 0.5) is 5.82 Å². The fourth-order valence-electron chi connectivity index (χ4n) is 2.30. The SMILES string of the molecule is CCc1cc(CO)cc(N2CC=C(COC)CC2)n1. The molecule has 0 amide bonds. The van der Waals surface area contributed by atoms with E-state index < -0.39 is 0 Å². The molecule has 0 saturated carbocycles. The molecule has 1 aliphatic rings. The molecule has 104 valence electrons. The number of hydrogen-bond acceptors (Lipinski definition) is 4. The van der Waals surface area contributed by atoms with Crippen molar-refractivity contribution in [1.29, 1.82) is 0 Å². The Morgan fingerprint density at radius 3 is 2.84 bits per heavy atom. The van der Waals surface area contributed by atoms with Crippen molar-refractivity contribution in [3.05, 3.63) is 35.0 Å². The van der Waals surface area contributed by atoms with E-state index in [1.54, 1.807) is 7.11 Å². The average Bonchev–Trinajstić information content (AvgIpc) is 2.47. The molecule has 4 nitrogen and oxygen atoms in total. The van der Waals surface area contributed by atoms with Crippen LogP contribution in [0.5, 0.6) is 0 Å². The van der Waals surface area contributed by atoms with E-state index in [1.165, 1.54) is 5.57 Å². The van der Waals surface area contributed by atoms with Crippen LogP contribution < -0.4 is 4.90 Å². The molecular formula is C15H22N2O2. The molecule has 0 unspecified atom stereocenters. The van der Waals surface area contributed by atoms with Gasteiger partial charge < -0.3 is 14.7 Å². The lowest BCUT2D eigenvalue weighted by atomic mass is 10.1. The average molecular weight is 262 g/mol. The molecule has 4 heteroatoms.